The number of carbonyl (C=O) groups excluding carboxylic acids is 2. The molecule has 1 amide bonds. The van der Waals surface area contributed by atoms with E-state index in [1.165, 1.54) is 4.90 Å². The lowest BCUT2D eigenvalue weighted by molar-refractivity contribution is -0.114. The van der Waals surface area contributed by atoms with Gasteiger partial charge in [0, 0.05) is 6.20 Å². The first-order valence-corrected chi connectivity index (χ1v) is 6.15. The van der Waals surface area contributed by atoms with E-state index in [0.29, 0.717) is 17.9 Å². The number of rotatable bonds is 3. The summed E-state index contributed by atoms with van der Waals surface area (Å²) in [6.45, 7) is 0.318. The van der Waals surface area contributed by atoms with Crippen LogP contribution >= 0.6 is 0 Å². The molecular weight excluding hydrogens is 256 g/mol. The van der Waals surface area contributed by atoms with Gasteiger partial charge in [-0.3, -0.25) is 14.5 Å². The van der Waals surface area contributed by atoms with Gasteiger partial charge in [-0.25, -0.2) is 4.98 Å². The summed E-state index contributed by atoms with van der Waals surface area (Å²) >= 11 is 0. The molecule has 1 aromatic carbocycles. The number of ether oxygens (including phenoxy) is 1. The van der Waals surface area contributed by atoms with E-state index in [1.807, 2.05) is 24.3 Å². The maximum Gasteiger partial charge on any atom is 0.301 e. The second-order valence-electron chi connectivity index (χ2n) is 4.44. The van der Waals surface area contributed by atoms with E-state index in [1.54, 1.807) is 25.4 Å². The highest BCUT2D eigenvalue weighted by atomic mass is 16.5. The number of aromatic nitrogens is 1. The van der Waals surface area contributed by atoms with Crippen molar-refractivity contribution in [2.24, 2.45) is 0 Å². The largest absolute Gasteiger partial charge is 0.497 e. The Hall–Kier alpha value is -2.69. The SMILES string of the molecule is COc1ccc(CN2C(=O)C(=O)c3cccnc32)cc1. The Bertz CT molecular complexity index is 680. The normalized spacial score (nSPS) is 13.6. The van der Waals surface area contributed by atoms with Crippen molar-refractivity contribution < 1.29 is 14.3 Å². The number of anilines is 1. The van der Waals surface area contributed by atoms with Crippen LogP contribution in [0, 0.1) is 0 Å². The summed E-state index contributed by atoms with van der Waals surface area (Å²) in [7, 11) is 1.60. The molecule has 3 rings (SSSR count). The molecule has 1 aliphatic rings. The van der Waals surface area contributed by atoms with Gasteiger partial charge in [0.2, 0.25) is 0 Å². The van der Waals surface area contributed by atoms with Gasteiger partial charge in [-0.1, -0.05) is 12.1 Å². The fourth-order valence-electron chi connectivity index (χ4n) is 2.18. The maximum atomic E-state index is 12.0. The fourth-order valence-corrected chi connectivity index (χ4v) is 2.18. The van der Waals surface area contributed by atoms with Crippen LogP contribution in [0.15, 0.2) is 42.6 Å². The number of Topliss-reactive ketones (excluding diaryl/α,β-unsaturated/α-hetero) is 1. The lowest BCUT2D eigenvalue weighted by atomic mass is 10.2. The average Bonchev–Trinajstić information content (AvgIpc) is 2.74. The van der Waals surface area contributed by atoms with Gasteiger partial charge in [0.25, 0.3) is 5.78 Å². The van der Waals surface area contributed by atoms with Crippen LogP contribution in [0.4, 0.5) is 5.82 Å². The molecule has 1 aliphatic heterocycles. The summed E-state index contributed by atoms with van der Waals surface area (Å²) in [4.78, 5) is 29.4. The van der Waals surface area contributed by atoms with Crippen LogP contribution < -0.4 is 9.64 Å². The number of methoxy groups -OCH3 is 1. The van der Waals surface area contributed by atoms with Crippen LogP contribution in [-0.4, -0.2) is 23.8 Å². The minimum absolute atomic E-state index is 0.318. The summed E-state index contributed by atoms with van der Waals surface area (Å²) in [5, 5.41) is 0. The number of pyridine rings is 1. The summed E-state index contributed by atoms with van der Waals surface area (Å²) in [6.07, 6.45) is 1.58. The Labute approximate surface area is 115 Å². The van der Waals surface area contributed by atoms with Crippen molar-refractivity contribution in [1.29, 1.82) is 0 Å². The summed E-state index contributed by atoms with van der Waals surface area (Å²) in [5.74, 6) is 0.144. The van der Waals surface area contributed by atoms with E-state index in [-0.39, 0.29) is 0 Å². The molecule has 0 N–H and O–H groups in total. The first-order chi connectivity index (χ1) is 9.70. The van der Waals surface area contributed by atoms with Crippen LogP contribution in [0.1, 0.15) is 15.9 Å². The predicted molar refractivity (Wildman–Crippen MR) is 72.8 cm³/mol. The maximum absolute atomic E-state index is 12.0. The van der Waals surface area contributed by atoms with Crippen molar-refractivity contribution in [3.8, 4) is 5.75 Å². The first kappa shape index (κ1) is 12.3. The van der Waals surface area contributed by atoms with E-state index in [4.69, 9.17) is 4.74 Å². The highest BCUT2D eigenvalue weighted by Crippen LogP contribution is 2.27. The molecule has 2 heterocycles. The number of ketones is 1. The molecule has 0 radical (unpaired) electrons. The number of hydrogen-bond donors (Lipinski definition) is 0. The van der Waals surface area contributed by atoms with Gasteiger partial charge in [-0.05, 0) is 29.8 Å². The van der Waals surface area contributed by atoms with Crippen molar-refractivity contribution in [3.63, 3.8) is 0 Å². The molecule has 1 aromatic heterocycles. The van der Waals surface area contributed by atoms with Crippen LogP contribution in [0.5, 0.6) is 5.75 Å². The zero-order valence-electron chi connectivity index (χ0n) is 10.9. The van der Waals surface area contributed by atoms with Gasteiger partial charge in [-0.15, -0.1) is 0 Å². The van der Waals surface area contributed by atoms with E-state index in [9.17, 15) is 9.59 Å². The Kier molecular flexibility index (Phi) is 2.95. The van der Waals surface area contributed by atoms with E-state index in [0.717, 1.165) is 11.3 Å². The molecule has 0 aliphatic carbocycles. The predicted octanol–water partition coefficient (Wildman–Crippen LogP) is 1.82. The molecule has 0 saturated heterocycles. The average molecular weight is 268 g/mol. The Balaban J connectivity index is 1.90. The Morgan fingerprint density at radius 2 is 1.90 bits per heavy atom. The van der Waals surface area contributed by atoms with Crippen molar-refractivity contribution in [3.05, 3.63) is 53.7 Å². The third kappa shape index (κ3) is 1.93. The van der Waals surface area contributed by atoms with Gasteiger partial charge in [0.1, 0.15) is 11.6 Å². The summed E-state index contributed by atoms with van der Waals surface area (Å²) in [5.41, 5.74) is 1.27. The number of carbonyl (C=O) groups is 2. The standard InChI is InChI=1S/C15H12N2O3/c1-20-11-6-4-10(5-7-11)9-17-14-12(3-2-8-16-14)13(18)15(17)19/h2-8H,9H2,1H3. The van der Waals surface area contributed by atoms with Crippen molar-refractivity contribution in [2.75, 3.05) is 12.0 Å². The van der Waals surface area contributed by atoms with Gasteiger partial charge in [-0.2, -0.15) is 0 Å². The quantitative estimate of drug-likeness (QED) is 0.797. The van der Waals surface area contributed by atoms with Crippen LogP contribution in [0.3, 0.4) is 0 Å². The second kappa shape index (κ2) is 4.77. The van der Waals surface area contributed by atoms with Crippen molar-refractivity contribution in [1.82, 2.24) is 4.98 Å². The molecule has 0 atom stereocenters. The Morgan fingerprint density at radius 3 is 2.60 bits per heavy atom. The molecular formula is C15H12N2O3. The minimum atomic E-state index is -0.533. The minimum Gasteiger partial charge on any atom is -0.497 e. The zero-order valence-corrected chi connectivity index (χ0v) is 10.9. The van der Waals surface area contributed by atoms with Crippen LogP contribution in [-0.2, 0) is 11.3 Å². The fraction of sp³-hybridized carbons (Fsp3) is 0.133. The highest BCUT2D eigenvalue weighted by Gasteiger charge is 2.36. The van der Waals surface area contributed by atoms with Crippen LogP contribution in [0.2, 0.25) is 0 Å². The van der Waals surface area contributed by atoms with Crippen molar-refractivity contribution in [2.45, 2.75) is 6.54 Å². The highest BCUT2D eigenvalue weighted by molar-refractivity contribution is 6.51. The molecule has 0 unspecified atom stereocenters. The monoisotopic (exact) mass is 268 g/mol. The molecule has 5 heteroatoms. The van der Waals surface area contributed by atoms with Gasteiger partial charge < -0.3 is 4.74 Å². The smallest absolute Gasteiger partial charge is 0.301 e. The molecule has 0 fully saturated rings. The molecule has 0 bridgehead atoms. The van der Waals surface area contributed by atoms with Crippen molar-refractivity contribution >= 4 is 17.5 Å². The zero-order chi connectivity index (χ0) is 14.1. The third-order valence-electron chi connectivity index (χ3n) is 3.23. The van der Waals surface area contributed by atoms with Gasteiger partial charge in [0.05, 0.1) is 19.2 Å². The number of benzene rings is 1. The number of hydrogen-bond acceptors (Lipinski definition) is 4. The third-order valence-corrected chi connectivity index (χ3v) is 3.23. The molecule has 2 aromatic rings. The van der Waals surface area contributed by atoms with E-state index in [2.05, 4.69) is 4.98 Å². The lowest BCUT2D eigenvalue weighted by Crippen LogP contribution is -2.29. The van der Waals surface area contributed by atoms with Gasteiger partial charge >= 0.3 is 5.91 Å². The molecule has 0 spiro atoms. The molecule has 20 heavy (non-hydrogen) atoms. The summed E-state index contributed by atoms with van der Waals surface area (Å²) in [6, 6.07) is 10.6. The van der Waals surface area contributed by atoms with E-state index >= 15 is 0 Å². The number of fused-ring (bicyclic) bond motifs is 1. The first-order valence-electron chi connectivity index (χ1n) is 6.15. The lowest BCUT2D eigenvalue weighted by Gasteiger charge is -2.15. The molecule has 0 saturated carbocycles. The number of amides is 1. The topological polar surface area (TPSA) is 59.5 Å². The van der Waals surface area contributed by atoms with E-state index < -0.39 is 11.7 Å². The Morgan fingerprint density at radius 1 is 1.15 bits per heavy atom. The van der Waals surface area contributed by atoms with Crippen LogP contribution in [0.25, 0.3) is 0 Å². The molecule has 100 valence electrons. The molecule has 5 nitrogen and oxygen atoms in total. The second-order valence-corrected chi connectivity index (χ2v) is 4.44. The summed E-state index contributed by atoms with van der Waals surface area (Å²) < 4.78 is 5.09. The number of nitrogens with zero attached hydrogens (tertiary/aromatic N) is 2. The van der Waals surface area contributed by atoms with Gasteiger partial charge in [0.15, 0.2) is 0 Å².